The highest BCUT2D eigenvalue weighted by Gasteiger charge is 2.21. The number of ether oxygens (including phenoxy) is 1. The Balaban J connectivity index is 1.81. The van der Waals surface area contributed by atoms with Gasteiger partial charge in [0.2, 0.25) is 0 Å². The molecule has 1 aromatic heterocycles. The van der Waals surface area contributed by atoms with Gasteiger partial charge >= 0.3 is 0 Å². The lowest BCUT2D eigenvalue weighted by Crippen LogP contribution is -2.25. The first-order valence-corrected chi connectivity index (χ1v) is 17.9. The molecule has 0 aliphatic rings. The van der Waals surface area contributed by atoms with Gasteiger partial charge in [-0.2, -0.15) is 0 Å². The van der Waals surface area contributed by atoms with Gasteiger partial charge in [0.25, 0.3) is 0 Å². The minimum absolute atomic E-state index is 0.0997. The molecule has 2 N–H and O–H groups in total. The Morgan fingerprint density at radius 1 is 1.00 bits per heavy atom. The maximum atomic E-state index is 14.0. The summed E-state index contributed by atoms with van der Waals surface area (Å²) >= 11 is 12.4. The molecule has 6 nitrogen and oxygen atoms in total. The van der Waals surface area contributed by atoms with Crippen LogP contribution in [0.4, 0.5) is 10.2 Å². The third-order valence-corrected chi connectivity index (χ3v) is 8.32. The number of hydrogen-bond donors (Lipinski definition) is 1. The van der Waals surface area contributed by atoms with Gasteiger partial charge in [-0.3, -0.25) is 4.90 Å². The molecule has 0 saturated carbocycles. The SMILES string of the molecule is CC(Oc1cc(-c2ccc(CN(CP(C)(C)=O)CP(C)(C)=O)cc2)cnc1N)c1c(Cl)ccc(F)c1Cl. The van der Waals surface area contributed by atoms with E-state index in [-0.39, 0.29) is 15.9 Å². The second-order valence-corrected chi connectivity index (χ2v) is 17.7. The molecule has 37 heavy (non-hydrogen) atoms. The topological polar surface area (TPSA) is 85.5 Å². The van der Waals surface area contributed by atoms with Crippen LogP contribution in [0.5, 0.6) is 5.75 Å². The smallest absolute Gasteiger partial charge is 0.166 e. The molecule has 3 rings (SSSR count). The van der Waals surface area contributed by atoms with Crippen LogP contribution >= 0.6 is 37.5 Å². The van der Waals surface area contributed by atoms with Crippen LogP contribution in [0.3, 0.4) is 0 Å². The Hall–Kier alpha value is -1.88. The van der Waals surface area contributed by atoms with E-state index in [1.165, 1.54) is 12.1 Å². The fourth-order valence-electron chi connectivity index (χ4n) is 4.04. The maximum Gasteiger partial charge on any atom is 0.166 e. The van der Waals surface area contributed by atoms with Gasteiger partial charge in [0, 0.05) is 28.9 Å². The van der Waals surface area contributed by atoms with Gasteiger partial charge < -0.3 is 19.6 Å². The van der Waals surface area contributed by atoms with Crippen LogP contribution in [0.15, 0.2) is 48.7 Å². The first kappa shape index (κ1) is 29.7. The van der Waals surface area contributed by atoms with Crippen molar-refractivity contribution in [2.45, 2.75) is 19.6 Å². The Labute approximate surface area is 228 Å². The van der Waals surface area contributed by atoms with E-state index in [0.29, 0.717) is 30.4 Å². The van der Waals surface area contributed by atoms with E-state index in [0.717, 1.165) is 16.7 Å². The van der Waals surface area contributed by atoms with E-state index in [4.69, 9.17) is 33.7 Å². The fourth-order valence-corrected chi connectivity index (χ4v) is 7.20. The first-order valence-electron chi connectivity index (χ1n) is 11.6. The highest BCUT2D eigenvalue weighted by molar-refractivity contribution is 7.63. The molecule has 0 spiro atoms. The van der Waals surface area contributed by atoms with Crippen molar-refractivity contribution in [3.8, 4) is 16.9 Å². The van der Waals surface area contributed by atoms with Gasteiger partial charge in [-0.25, -0.2) is 9.37 Å². The lowest BCUT2D eigenvalue weighted by atomic mass is 10.0. The molecular weight excluding hydrogens is 554 g/mol. The zero-order valence-electron chi connectivity index (χ0n) is 21.5. The Morgan fingerprint density at radius 3 is 2.16 bits per heavy atom. The number of benzene rings is 2. The Kier molecular flexibility index (Phi) is 9.53. The monoisotopic (exact) mass is 585 g/mol. The van der Waals surface area contributed by atoms with E-state index in [1.807, 2.05) is 29.2 Å². The summed E-state index contributed by atoms with van der Waals surface area (Å²) in [6.45, 7) is 9.21. The van der Waals surface area contributed by atoms with Crippen LogP contribution in [0.1, 0.15) is 24.2 Å². The molecule has 0 aliphatic carbocycles. The molecule has 0 amide bonds. The van der Waals surface area contributed by atoms with Gasteiger partial charge in [-0.15, -0.1) is 0 Å². The van der Waals surface area contributed by atoms with Crippen LogP contribution in [-0.2, 0) is 15.7 Å². The molecule has 0 radical (unpaired) electrons. The van der Waals surface area contributed by atoms with Crippen LogP contribution in [-0.4, -0.2) is 49.1 Å². The number of anilines is 1. The molecule has 0 fully saturated rings. The molecule has 0 bridgehead atoms. The number of pyridine rings is 1. The van der Waals surface area contributed by atoms with Crippen molar-refractivity contribution < 1.29 is 18.3 Å². The second-order valence-electron chi connectivity index (χ2n) is 10.1. The number of nitrogens with zero attached hydrogens (tertiary/aromatic N) is 2. The number of aromatic nitrogens is 1. The number of nitrogens with two attached hydrogens (primary N) is 1. The normalized spacial score (nSPS) is 13.1. The van der Waals surface area contributed by atoms with Crippen molar-refractivity contribution in [2.24, 2.45) is 0 Å². The van der Waals surface area contributed by atoms with Crippen LogP contribution in [0.2, 0.25) is 10.0 Å². The van der Waals surface area contributed by atoms with E-state index < -0.39 is 26.2 Å². The lowest BCUT2D eigenvalue weighted by Gasteiger charge is -2.26. The molecule has 1 atom stereocenters. The summed E-state index contributed by atoms with van der Waals surface area (Å²) in [6.07, 6.45) is 1.77. The minimum atomic E-state index is -2.32. The molecule has 200 valence electrons. The lowest BCUT2D eigenvalue weighted by molar-refractivity contribution is 0.227. The van der Waals surface area contributed by atoms with Gasteiger partial charge in [-0.05, 0) is 62.9 Å². The maximum absolute atomic E-state index is 14.0. The summed E-state index contributed by atoms with van der Waals surface area (Å²) in [6, 6.07) is 12.2. The molecule has 0 saturated heterocycles. The predicted octanol–water partition coefficient (Wildman–Crippen LogP) is 7.88. The van der Waals surface area contributed by atoms with Crippen molar-refractivity contribution in [1.82, 2.24) is 9.88 Å². The van der Waals surface area contributed by atoms with Crippen molar-refractivity contribution >= 4 is 43.3 Å². The molecule has 1 unspecified atom stereocenters. The van der Waals surface area contributed by atoms with Crippen molar-refractivity contribution in [2.75, 3.05) is 45.0 Å². The average Bonchev–Trinajstić information content (AvgIpc) is 2.76. The van der Waals surface area contributed by atoms with Crippen molar-refractivity contribution in [3.63, 3.8) is 0 Å². The van der Waals surface area contributed by atoms with Gasteiger partial charge in [-0.1, -0.05) is 47.5 Å². The highest BCUT2D eigenvalue weighted by atomic mass is 35.5. The second kappa shape index (κ2) is 11.9. The van der Waals surface area contributed by atoms with Crippen molar-refractivity contribution in [1.29, 1.82) is 0 Å². The van der Waals surface area contributed by atoms with E-state index in [2.05, 4.69) is 4.98 Å². The summed E-state index contributed by atoms with van der Waals surface area (Å²) in [5.41, 5.74) is 9.05. The third-order valence-electron chi connectivity index (χ3n) is 5.45. The molecule has 3 aromatic rings. The summed E-state index contributed by atoms with van der Waals surface area (Å²) in [5.74, 6) is -0.0880. The number of halogens is 3. The van der Waals surface area contributed by atoms with E-state index >= 15 is 0 Å². The summed E-state index contributed by atoms with van der Waals surface area (Å²) in [4.78, 5) is 6.26. The fraction of sp³-hybridized carbons (Fsp3) is 0.346. The average molecular weight is 586 g/mol. The summed E-state index contributed by atoms with van der Waals surface area (Å²) in [7, 11) is -4.64. The molecular formula is C26H32Cl2FN3O3P2. The predicted molar refractivity (Wildman–Crippen MR) is 154 cm³/mol. The molecule has 2 aromatic carbocycles. The number of rotatable bonds is 10. The van der Waals surface area contributed by atoms with Gasteiger partial charge in [0.1, 0.15) is 11.9 Å². The van der Waals surface area contributed by atoms with Gasteiger partial charge in [0.05, 0.1) is 31.9 Å². The Bertz CT molecular complexity index is 1340. The van der Waals surface area contributed by atoms with Gasteiger partial charge in [0.15, 0.2) is 11.6 Å². The first-order chi connectivity index (χ1) is 17.1. The number of nitrogen functional groups attached to an aromatic ring is 1. The zero-order valence-corrected chi connectivity index (χ0v) is 24.8. The molecule has 1 heterocycles. The highest BCUT2D eigenvalue weighted by Crippen LogP contribution is 2.43. The third kappa shape index (κ3) is 8.56. The van der Waals surface area contributed by atoms with E-state index in [9.17, 15) is 13.5 Å². The van der Waals surface area contributed by atoms with Crippen LogP contribution in [0, 0.1) is 5.82 Å². The van der Waals surface area contributed by atoms with Crippen LogP contribution < -0.4 is 10.5 Å². The zero-order chi connectivity index (χ0) is 27.5. The van der Waals surface area contributed by atoms with Crippen LogP contribution in [0.25, 0.3) is 11.1 Å². The molecule has 0 aliphatic heterocycles. The van der Waals surface area contributed by atoms with E-state index in [1.54, 1.807) is 45.8 Å². The standard InChI is InChI=1S/C26H32Cl2FN3O3P2/c1-17(24-21(27)10-11-22(29)25(24)28)35-23-12-20(13-31-26(23)30)19-8-6-18(7-9-19)14-32(15-36(2,3)33)16-37(4,5)34/h6-13,17H,14-16H2,1-5H3,(H2,30,31). The quantitative estimate of drug-likeness (QED) is 0.192. The number of hydrogen-bond acceptors (Lipinski definition) is 6. The summed E-state index contributed by atoms with van der Waals surface area (Å²) < 4.78 is 44.8. The largest absolute Gasteiger partial charge is 0.482 e. The van der Waals surface area contributed by atoms with Crippen molar-refractivity contribution in [3.05, 3.63) is 75.7 Å². The summed E-state index contributed by atoms with van der Waals surface area (Å²) in [5, 5.41) is 0.188. The minimum Gasteiger partial charge on any atom is -0.482 e. The Morgan fingerprint density at radius 2 is 1.59 bits per heavy atom. The molecule has 11 heteroatoms.